The molecule has 0 aromatic heterocycles. The van der Waals surface area contributed by atoms with Crippen molar-refractivity contribution in [2.45, 2.75) is 77.3 Å². The quantitative estimate of drug-likeness (QED) is 0.835. The van der Waals surface area contributed by atoms with E-state index >= 15 is 0 Å². The van der Waals surface area contributed by atoms with Gasteiger partial charge in [-0.2, -0.15) is 0 Å². The fraction of sp³-hybridized carbons (Fsp3) is 1.00. The van der Waals surface area contributed by atoms with Crippen LogP contribution in [0.2, 0.25) is 0 Å². The van der Waals surface area contributed by atoms with Gasteiger partial charge in [0.1, 0.15) is 0 Å². The Morgan fingerprint density at radius 2 is 1.67 bits per heavy atom. The molecule has 4 bridgehead atoms. The zero-order chi connectivity index (χ0) is 14.9. The molecule has 4 unspecified atom stereocenters. The number of hydrogen-bond acceptors (Lipinski definition) is 2. The molecular weight excluding hydrogens is 256 g/mol. The van der Waals surface area contributed by atoms with E-state index in [0.29, 0.717) is 16.4 Å². The molecule has 4 atom stereocenters. The molecule has 2 nitrogen and oxygen atoms in total. The fourth-order valence-corrected chi connectivity index (χ4v) is 7.75. The Hall–Kier alpha value is -0.0800. The van der Waals surface area contributed by atoms with E-state index in [9.17, 15) is 0 Å². The van der Waals surface area contributed by atoms with Crippen LogP contribution in [-0.4, -0.2) is 36.6 Å². The summed E-state index contributed by atoms with van der Waals surface area (Å²) < 4.78 is 0. The highest BCUT2D eigenvalue weighted by Crippen LogP contribution is 2.67. The van der Waals surface area contributed by atoms with Crippen molar-refractivity contribution in [1.82, 2.24) is 10.2 Å². The van der Waals surface area contributed by atoms with Crippen LogP contribution in [0.25, 0.3) is 0 Å². The first kappa shape index (κ1) is 14.5. The average Bonchev–Trinajstić information content (AvgIpc) is 2.34. The number of hydrogen-bond donors (Lipinski definition) is 1. The lowest BCUT2D eigenvalue weighted by Gasteiger charge is -2.68. The van der Waals surface area contributed by atoms with Gasteiger partial charge in [0.25, 0.3) is 0 Å². The van der Waals surface area contributed by atoms with Crippen LogP contribution in [0.3, 0.4) is 0 Å². The van der Waals surface area contributed by atoms with Crippen LogP contribution in [0.1, 0.15) is 65.7 Å². The van der Waals surface area contributed by atoms with Crippen molar-refractivity contribution in [2.75, 3.05) is 20.1 Å². The van der Waals surface area contributed by atoms with Crippen molar-refractivity contribution in [3.05, 3.63) is 0 Å². The topological polar surface area (TPSA) is 15.3 Å². The van der Waals surface area contributed by atoms with Gasteiger partial charge >= 0.3 is 0 Å². The van der Waals surface area contributed by atoms with Gasteiger partial charge < -0.3 is 5.32 Å². The minimum Gasteiger partial charge on any atom is -0.317 e. The Balaban J connectivity index is 1.60. The van der Waals surface area contributed by atoms with Crippen LogP contribution in [0.15, 0.2) is 0 Å². The van der Waals surface area contributed by atoms with Gasteiger partial charge in [-0.25, -0.2) is 0 Å². The van der Waals surface area contributed by atoms with Crippen molar-refractivity contribution in [3.8, 4) is 0 Å². The Bertz CT molecular complexity index is 413. The molecule has 1 aliphatic heterocycles. The van der Waals surface area contributed by atoms with Gasteiger partial charge in [-0.05, 0) is 74.7 Å². The van der Waals surface area contributed by atoms with Gasteiger partial charge in [-0.15, -0.1) is 0 Å². The molecule has 0 aromatic rings. The normalized spacial score (nSPS) is 56.9. The van der Waals surface area contributed by atoms with Crippen molar-refractivity contribution in [1.29, 1.82) is 0 Å². The molecule has 0 amide bonds. The molecule has 120 valence electrons. The molecular formula is C19H34N2. The molecule has 5 aliphatic rings. The van der Waals surface area contributed by atoms with E-state index in [1.807, 2.05) is 0 Å². The third-order valence-electron chi connectivity index (χ3n) is 7.54. The highest BCUT2D eigenvalue weighted by atomic mass is 15.2. The first-order valence-electron chi connectivity index (χ1n) is 9.28. The molecule has 0 spiro atoms. The minimum atomic E-state index is 0.565. The monoisotopic (exact) mass is 290 g/mol. The highest BCUT2D eigenvalue weighted by molar-refractivity contribution is 5.15. The summed E-state index contributed by atoms with van der Waals surface area (Å²) in [6.07, 6.45) is 10.4. The third-order valence-corrected chi connectivity index (χ3v) is 7.54. The number of piperidine rings is 1. The predicted octanol–water partition coefficient (Wildman–Crippen LogP) is 3.67. The lowest BCUT2D eigenvalue weighted by Crippen LogP contribution is -2.67. The summed E-state index contributed by atoms with van der Waals surface area (Å²) in [4.78, 5) is 2.95. The van der Waals surface area contributed by atoms with Gasteiger partial charge in [0.15, 0.2) is 0 Å². The standard InChI is InChI=1S/C19H34N2/c1-14-10-21(6-5-16(14)20-4)19-9-15-7-17(2,12-19)11-18(3,8-15)13-19/h14-16,20H,5-13H2,1-4H3. The van der Waals surface area contributed by atoms with Crippen molar-refractivity contribution >= 4 is 0 Å². The highest BCUT2D eigenvalue weighted by Gasteiger charge is 2.62. The van der Waals surface area contributed by atoms with Crippen LogP contribution in [0.4, 0.5) is 0 Å². The Morgan fingerprint density at radius 3 is 2.19 bits per heavy atom. The lowest BCUT2D eigenvalue weighted by molar-refractivity contribution is -0.169. The van der Waals surface area contributed by atoms with E-state index in [4.69, 9.17) is 0 Å². The summed E-state index contributed by atoms with van der Waals surface area (Å²) in [5.41, 5.74) is 1.87. The van der Waals surface area contributed by atoms with Crippen LogP contribution in [0.5, 0.6) is 0 Å². The number of nitrogens with one attached hydrogen (secondary N) is 1. The SMILES string of the molecule is CNC1CCN(C23CC4CC(C)(CC(C)(C4)C2)C3)CC1C. The molecule has 4 aliphatic carbocycles. The minimum absolute atomic E-state index is 0.565. The largest absolute Gasteiger partial charge is 0.317 e. The van der Waals surface area contributed by atoms with Gasteiger partial charge in [0, 0.05) is 24.7 Å². The maximum atomic E-state index is 3.54. The smallest absolute Gasteiger partial charge is 0.0222 e. The Morgan fingerprint density at radius 1 is 1.00 bits per heavy atom. The van der Waals surface area contributed by atoms with Gasteiger partial charge in [-0.1, -0.05) is 20.8 Å². The molecule has 0 radical (unpaired) electrons. The second kappa shape index (κ2) is 4.47. The summed E-state index contributed by atoms with van der Waals surface area (Å²) in [6, 6.07) is 0.737. The zero-order valence-corrected chi connectivity index (χ0v) is 14.5. The van der Waals surface area contributed by atoms with Gasteiger partial charge in [-0.3, -0.25) is 4.90 Å². The van der Waals surface area contributed by atoms with Crippen LogP contribution in [-0.2, 0) is 0 Å². The summed E-state index contributed by atoms with van der Waals surface area (Å²) >= 11 is 0. The van der Waals surface area contributed by atoms with Crippen molar-refractivity contribution in [2.24, 2.45) is 22.7 Å². The van der Waals surface area contributed by atoms with E-state index in [1.54, 1.807) is 0 Å². The summed E-state index contributed by atoms with van der Waals surface area (Å²) in [5.74, 6) is 1.82. The molecule has 5 rings (SSSR count). The fourth-order valence-electron chi connectivity index (χ4n) is 7.75. The van der Waals surface area contributed by atoms with Crippen LogP contribution in [0, 0.1) is 22.7 Å². The number of nitrogens with zero attached hydrogens (tertiary/aromatic N) is 1. The molecule has 1 N–H and O–H groups in total. The summed E-state index contributed by atoms with van der Waals surface area (Å²) in [7, 11) is 2.14. The molecule has 4 saturated carbocycles. The summed E-state index contributed by atoms with van der Waals surface area (Å²) in [6.45, 7) is 10.3. The summed E-state index contributed by atoms with van der Waals surface area (Å²) in [5, 5.41) is 3.54. The molecule has 21 heavy (non-hydrogen) atoms. The van der Waals surface area contributed by atoms with E-state index in [2.05, 4.69) is 38.0 Å². The third kappa shape index (κ3) is 2.20. The van der Waals surface area contributed by atoms with E-state index in [1.165, 1.54) is 58.0 Å². The lowest BCUT2D eigenvalue weighted by atomic mass is 9.42. The maximum absolute atomic E-state index is 3.54. The first-order valence-corrected chi connectivity index (χ1v) is 9.28. The molecule has 1 saturated heterocycles. The van der Waals surface area contributed by atoms with Crippen LogP contribution >= 0.6 is 0 Å². The first-order chi connectivity index (χ1) is 9.85. The Kier molecular flexibility index (Phi) is 3.09. The van der Waals surface area contributed by atoms with E-state index < -0.39 is 0 Å². The second-order valence-electron chi connectivity index (χ2n) is 9.96. The molecule has 1 heterocycles. The van der Waals surface area contributed by atoms with E-state index in [-0.39, 0.29) is 0 Å². The molecule has 2 heteroatoms. The Labute approximate surface area is 131 Å². The van der Waals surface area contributed by atoms with Crippen molar-refractivity contribution < 1.29 is 0 Å². The average molecular weight is 290 g/mol. The van der Waals surface area contributed by atoms with Crippen molar-refractivity contribution in [3.63, 3.8) is 0 Å². The zero-order valence-electron chi connectivity index (χ0n) is 14.5. The van der Waals surface area contributed by atoms with Gasteiger partial charge in [0.05, 0.1) is 0 Å². The number of likely N-dealkylation sites (tertiary alicyclic amines) is 1. The predicted molar refractivity (Wildman–Crippen MR) is 88.3 cm³/mol. The second-order valence-corrected chi connectivity index (χ2v) is 9.96. The van der Waals surface area contributed by atoms with Crippen LogP contribution < -0.4 is 5.32 Å². The van der Waals surface area contributed by atoms with E-state index in [0.717, 1.165) is 17.9 Å². The molecule has 0 aromatic carbocycles. The van der Waals surface area contributed by atoms with Gasteiger partial charge in [0.2, 0.25) is 0 Å². The number of rotatable bonds is 2. The maximum Gasteiger partial charge on any atom is 0.0222 e. The molecule has 5 fully saturated rings.